The van der Waals surface area contributed by atoms with Crippen LogP contribution in [0.4, 0.5) is 0 Å². The van der Waals surface area contributed by atoms with Crippen molar-refractivity contribution in [3.63, 3.8) is 0 Å². The predicted octanol–water partition coefficient (Wildman–Crippen LogP) is 2.48. The number of carbonyl (C=O) groups excluding carboxylic acids is 1. The molecule has 1 amide bonds. The van der Waals surface area contributed by atoms with Crippen LogP contribution in [0.2, 0.25) is 0 Å². The molecule has 3 aromatic rings. The fraction of sp³-hybridized carbons (Fsp3) is 0.182. The van der Waals surface area contributed by atoms with E-state index in [1.807, 2.05) is 6.07 Å². The number of hydrogen-bond donors (Lipinski definition) is 1. The van der Waals surface area contributed by atoms with Crippen LogP contribution < -0.4 is 5.56 Å². The maximum Gasteiger partial charge on any atom is 0.258 e. The van der Waals surface area contributed by atoms with Crippen molar-refractivity contribution in [1.82, 2.24) is 14.9 Å². The van der Waals surface area contributed by atoms with Crippen LogP contribution in [0, 0.1) is 11.3 Å². The van der Waals surface area contributed by atoms with Crippen LogP contribution in [0.15, 0.2) is 59.4 Å². The number of carbonyl (C=O) groups is 1. The molecule has 0 radical (unpaired) electrons. The van der Waals surface area contributed by atoms with Crippen LogP contribution in [0.25, 0.3) is 17.0 Å². The van der Waals surface area contributed by atoms with Gasteiger partial charge in [0.15, 0.2) is 0 Å². The van der Waals surface area contributed by atoms with Gasteiger partial charge in [-0.05, 0) is 35.9 Å². The van der Waals surface area contributed by atoms with Crippen LogP contribution in [0.1, 0.15) is 17.0 Å². The predicted molar refractivity (Wildman–Crippen MR) is 110 cm³/mol. The lowest BCUT2D eigenvalue weighted by atomic mass is 10.1. The van der Waals surface area contributed by atoms with E-state index in [1.54, 1.807) is 60.6 Å². The maximum atomic E-state index is 12.7. The van der Waals surface area contributed by atoms with Gasteiger partial charge in [0.2, 0.25) is 5.91 Å². The van der Waals surface area contributed by atoms with E-state index in [0.717, 1.165) is 5.56 Å². The fourth-order valence-electron chi connectivity index (χ4n) is 2.80. The van der Waals surface area contributed by atoms with E-state index >= 15 is 0 Å². The highest BCUT2D eigenvalue weighted by atomic mass is 16.5. The third-order valence-corrected chi connectivity index (χ3v) is 4.34. The van der Waals surface area contributed by atoms with Gasteiger partial charge in [-0.15, -0.1) is 0 Å². The molecule has 0 saturated heterocycles. The zero-order valence-corrected chi connectivity index (χ0v) is 16.0. The molecule has 1 N–H and O–H groups in total. The minimum absolute atomic E-state index is 0.153. The monoisotopic (exact) mass is 388 g/mol. The average Bonchev–Trinajstić information content (AvgIpc) is 2.75. The number of rotatable bonds is 7. The van der Waals surface area contributed by atoms with Gasteiger partial charge in [0.05, 0.1) is 35.7 Å². The van der Waals surface area contributed by atoms with Gasteiger partial charge in [0, 0.05) is 19.7 Å². The Morgan fingerprint density at radius 2 is 2.00 bits per heavy atom. The second-order valence-corrected chi connectivity index (χ2v) is 6.35. The van der Waals surface area contributed by atoms with Crippen molar-refractivity contribution in [2.45, 2.75) is 6.54 Å². The lowest BCUT2D eigenvalue weighted by molar-refractivity contribution is -0.127. The summed E-state index contributed by atoms with van der Waals surface area (Å²) in [5, 5.41) is 9.36. The molecule has 1 aromatic heterocycles. The number of aromatic nitrogens is 2. The summed E-state index contributed by atoms with van der Waals surface area (Å²) in [5.74, 6) is 0.173. The third-order valence-electron chi connectivity index (χ3n) is 4.34. The highest BCUT2D eigenvalue weighted by molar-refractivity contribution is 5.91. The minimum Gasteiger partial charge on any atom is -0.383 e. The molecule has 29 heavy (non-hydrogen) atoms. The summed E-state index contributed by atoms with van der Waals surface area (Å²) in [4.78, 5) is 33.7. The lowest BCUT2D eigenvalue weighted by Gasteiger charge is -2.20. The minimum atomic E-state index is -0.238. The highest BCUT2D eigenvalue weighted by Gasteiger charge is 2.14. The molecule has 2 aromatic carbocycles. The quantitative estimate of drug-likeness (QED) is 0.627. The number of nitrogens with one attached hydrogen (secondary N) is 1. The summed E-state index contributed by atoms with van der Waals surface area (Å²) in [6.07, 6.45) is 3.13. The number of fused-ring (bicyclic) bond motifs is 1. The molecular weight excluding hydrogens is 368 g/mol. The molecule has 0 aliphatic carbocycles. The Balaban J connectivity index is 1.79. The molecule has 7 heteroatoms. The van der Waals surface area contributed by atoms with Gasteiger partial charge in [0.25, 0.3) is 5.56 Å². The van der Waals surface area contributed by atoms with E-state index in [9.17, 15) is 9.59 Å². The number of benzene rings is 2. The SMILES string of the molecule is COCCN(Cc1nc2ccccc2c(=O)[nH]1)C(=O)/C=C/c1ccc(C#N)cc1. The van der Waals surface area contributed by atoms with Crippen molar-refractivity contribution >= 4 is 22.9 Å². The number of amides is 1. The molecule has 0 bridgehead atoms. The maximum absolute atomic E-state index is 12.7. The summed E-state index contributed by atoms with van der Waals surface area (Å²) in [5.41, 5.74) is 1.71. The molecule has 0 aliphatic heterocycles. The summed E-state index contributed by atoms with van der Waals surface area (Å²) in [7, 11) is 1.56. The fourth-order valence-corrected chi connectivity index (χ4v) is 2.80. The second kappa shape index (κ2) is 9.44. The molecule has 1 heterocycles. The van der Waals surface area contributed by atoms with Gasteiger partial charge < -0.3 is 14.6 Å². The summed E-state index contributed by atoms with van der Waals surface area (Å²) >= 11 is 0. The Bertz CT molecular complexity index is 1130. The molecule has 0 saturated carbocycles. The van der Waals surface area contributed by atoms with Gasteiger partial charge in [0.1, 0.15) is 5.82 Å². The van der Waals surface area contributed by atoms with E-state index in [1.165, 1.54) is 6.08 Å². The first kappa shape index (κ1) is 20.0. The summed E-state index contributed by atoms with van der Waals surface area (Å²) in [6, 6.07) is 16.0. The van der Waals surface area contributed by atoms with Crippen molar-refractivity contribution in [2.75, 3.05) is 20.3 Å². The van der Waals surface area contributed by atoms with Gasteiger partial charge in [-0.25, -0.2) is 4.98 Å². The van der Waals surface area contributed by atoms with Gasteiger partial charge in [-0.2, -0.15) is 5.26 Å². The molecule has 7 nitrogen and oxygen atoms in total. The molecule has 0 atom stereocenters. The topological polar surface area (TPSA) is 99.1 Å². The van der Waals surface area contributed by atoms with Crippen LogP contribution in [-0.2, 0) is 16.1 Å². The highest BCUT2D eigenvalue weighted by Crippen LogP contribution is 2.09. The number of hydrogen-bond acceptors (Lipinski definition) is 5. The Hall–Kier alpha value is -3.76. The number of methoxy groups -OCH3 is 1. The zero-order valence-electron chi connectivity index (χ0n) is 16.0. The molecule has 0 aliphatic rings. The number of para-hydroxylation sites is 1. The van der Waals surface area contributed by atoms with E-state index in [0.29, 0.717) is 35.4 Å². The molecule has 146 valence electrons. The Kier molecular flexibility index (Phi) is 6.51. The Morgan fingerprint density at radius 1 is 1.24 bits per heavy atom. The van der Waals surface area contributed by atoms with Crippen LogP contribution in [-0.4, -0.2) is 41.0 Å². The van der Waals surface area contributed by atoms with Crippen molar-refractivity contribution < 1.29 is 9.53 Å². The van der Waals surface area contributed by atoms with Crippen molar-refractivity contribution in [2.24, 2.45) is 0 Å². The molecule has 0 fully saturated rings. The van der Waals surface area contributed by atoms with E-state index in [2.05, 4.69) is 16.0 Å². The van der Waals surface area contributed by atoms with E-state index < -0.39 is 0 Å². The second-order valence-electron chi connectivity index (χ2n) is 6.35. The number of ether oxygens (including phenoxy) is 1. The van der Waals surface area contributed by atoms with Gasteiger partial charge in [-0.3, -0.25) is 9.59 Å². The number of H-pyrrole nitrogens is 1. The van der Waals surface area contributed by atoms with Crippen LogP contribution in [0.3, 0.4) is 0 Å². The van der Waals surface area contributed by atoms with Crippen molar-refractivity contribution in [3.8, 4) is 6.07 Å². The number of nitrogens with zero attached hydrogens (tertiary/aromatic N) is 3. The normalized spacial score (nSPS) is 10.9. The van der Waals surface area contributed by atoms with Crippen LogP contribution >= 0.6 is 0 Å². The first-order valence-corrected chi connectivity index (χ1v) is 9.05. The lowest BCUT2D eigenvalue weighted by Crippen LogP contribution is -2.33. The zero-order chi connectivity index (χ0) is 20.6. The smallest absolute Gasteiger partial charge is 0.258 e. The third kappa shape index (κ3) is 5.15. The molecular formula is C22H20N4O3. The average molecular weight is 388 g/mol. The largest absolute Gasteiger partial charge is 0.383 e. The Morgan fingerprint density at radius 3 is 2.72 bits per heavy atom. The number of nitriles is 1. The standard InChI is InChI=1S/C22H20N4O3/c1-29-13-12-26(21(27)11-10-16-6-8-17(14-23)9-7-16)15-20-24-19-5-3-2-4-18(19)22(28)25-20/h2-11H,12-13,15H2,1H3,(H,24,25,28)/b11-10+. The van der Waals surface area contributed by atoms with Gasteiger partial charge >= 0.3 is 0 Å². The Labute approximate surface area is 167 Å². The first-order chi connectivity index (χ1) is 14.1. The van der Waals surface area contributed by atoms with Gasteiger partial charge in [-0.1, -0.05) is 24.3 Å². The van der Waals surface area contributed by atoms with E-state index in [4.69, 9.17) is 10.00 Å². The molecule has 0 unspecified atom stereocenters. The summed E-state index contributed by atoms with van der Waals surface area (Å²) < 4.78 is 5.10. The summed E-state index contributed by atoms with van der Waals surface area (Å²) in [6.45, 7) is 0.859. The van der Waals surface area contributed by atoms with Crippen molar-refractivity contribution in [1.29, 1.82) is 5.26 Å². The van der Waals surface area contributed by atoms with Crippen molar-refractivity contribution in [3.05, 3.63) is 81.9 Å². The molecule has 3 rings (SSSR count). The van der Waals surface area contributed by atoms with E-state index in [-0.39, 0.29) is 18.0 Å². The van der Waals surface area contributed by atoms with Crippen LogP contribution in [0.5, 0.6) is 0 Å². The number of aromatic amines is 1. The molecule has 0 spiro atoms. The first-order valence-electron chi connectivity index (χ1n) is 9.05.